The highest BCUT2D eigenvalue weighted by atomic mass is 19.1. The number of anilines is 6. The van der Waals surface area contributed by atoms with Crippen molar-refractivity contribution in [3.05, 3.63) is 348 Å². The molecule has 0 heterocycles. The first kappa shape index (κ1) is 57.8. The van der Waals surface area contributed by atoms with Crippen molar-refractivity contribution in [1.82, 2.24) is 0 Å². The van der Waals surface area contributed by atoms with Crippen LogP contribution in [0.15, 0.2) is 297 Å². The van der Waals surface area contributed by atoms with E-state index in [1.165, 1.54) is 84.0 Å². The van der Waals surface area contributed by atoms with E-state index >= 15 is 0 Å². The molecule has 0 saturated heterocycles. The number of aryl methyl sites for hydroxylation is 2. The molecule has 92 heavy (non-hydrogen) atoms. The van der Waals surface area contributed by atoms with Gasteiger partial charge in [-0.3, -0.25) is 0 Å². The van der Waals surface area contributed by atoms with Crippen molar-refractivity contribution < 1.29 is 4.39 Å². The van der Waals surface area contributed by atoms with Crippen LogP contribution in [-0.4, -0.2) is 0 Å². The number of halogens is 1. The molecule has 3 heteroatoms. The van der Waals surface area contributed by atoms with E-state index in [1.54, 1.807) is 12.1 Å². The van der Waals surface area contributed by atoms with Gasteiger partial charge in [0.1, 0.15) is 5.82 Å². The van der Waals surface area contributed by atoms with Crippen molar-refractivity contribution in [1.29, 1.82) is 0 Å². The summed E-state index contributed by atoms with van der Waals surface area (Å²) in [6.45, 7) is 18.4. The second-order valence-corrected chi connectivity index (χ2v) is 27.2. The SMILES string of the molecule is Cc1ccc(N(c2ccc(-c3ccc(N(c4ccc(-c5ccc6c(c5)C5(c7cc(C)ccc7-6)c6cc(C(C)(C)C)ccc6-c6ccc(C(C)(C)C)cc65)cc4)c4ccc(-c5ccccc5)cc4-c4ccccc4)cc3)cc2)c2ccc(-c3cccc(F)c3)cc2)cc1. The predicted octanol–water partition coefficient (Wildman–Crippen LogP) is 24.7. The predicted molar refractivity (Wildman–Crippen MR) is 386 cm³/mol. The smallest absolute Gasteiger partial charge is 0.123 e. The molecule has 0 aromatic heterocycles. The third-order valence-corrected chi connectivity index (χ3v) is 19.2. The number of hydrogen-bond donors (Lipinski definition) is 0. The fraction of sp³-hybridized carbons (Fsp3) is 0.124. The highest BCUT2D eigenvalue weighted by Gasteiger charge is 2.52. The van der Waals surface area contributed by atoms with Crippen LogP contribution < -0.4 is 9.80 Å². The van der Waals surface area contributed by atoms with Gasteiger partial charge in [-0.1, -0.05) is 259 Å². The lowest BCUT2D eigenvalue weighted by Gasteiger charge is -2.33. The van der Waals surface area contributed by atoms with E-state index in [-0.39, 0.29) is 16.6 Å². The molecular weight excluding hydrogens is 1120 g/mol. The fourth-order valence-electron chi connectivity index (χ4n) is 14.3. The van der Waals surface area contributed by atoms with Gasteiger partial charge in [-0.05, 0) is 221 Å². The van der Waals surface area contributed by atoms with E-state index in [0.29, 0.717) is 0 Å². The van der Waals surface area contributed by atoms with Crippen molar-refractivity contribution in [2.75, 3.05) is 9.80 Å². The van der Waals surface area contributed by atoms with Crippen LogP contribution in [0.25, 0.3) is 77.9 Å². The van der Waals surface area contributed by atoms with E-state index in [2.05, 4.69) is 338 Å². The van der Waals surface area contributed by atoms with Gasteiger partial charge in [-0.15, -0.1) is 0 Å². The Balaban J connectivity index is 0.829. The number of fused-ring (bicyclic) bond motifs is 10. The average molecular weight is 1190 g/mol. The number of hydrogen-bond acceptors (Lipinski definition) is 2. The summed E-state index contributed by atoms with van der Waals surface area (Å²) >= 11 is 0. The van der Waals surface area contributed by atoms with Gasteiger partial charge >= 0.3 is 0 Å². The molecule has 2 aliphatic carbocycles. The first-order valence-corrected chi connectivity index (χ1v) is 32.2. The van der Waals surface area contributed by atoms with Crippen LogP contribution in [-0.2, 0) is 16.2 Å². The van der Waals surface area contributed by atoms with Crippen molar-refractivity contribution in [3.8, 4) is 77.9 Å². The lowest BCUT2D eigenvalue weighted by atomic mass is 9.68. The monoisotopic (exact) mass is 1190 g/mol. The summed E-state index contributed by atoms with van der Waals surface area (Å²) in [6, 6.07) is 108. The maximum atomic E-state index is 14.3. The minimum atomic E-state index is -0.507. The summed E-state index contributed by atoms with van der Waals surface area (Å²) in [5.41, 5.74) is 32.6. The molecular formula is C89H73FN2. The summed E-state index contributed by atoms with van der Waals surface area (Å²) in [5, 5.41) is 0. The van der Waals surface area contributed by atoms with Crippen LogP contribution in [0.2, 0.25) is 0 Å². The molecule has 15 rings (SSSR count). The van der Waals surface area contributed by atoms with Crippen LogP contribution in [0.4, 0.5) is 38.5 Å². The largest absolute Gasteiger partial charge is 0.311 e. The first-order chi connectivity index (χ1) is 44.6. The Kier molecular flexibility index (Phi) is 14.3. The molecule has 0 N–H and O–H groups in total. The molecule has 13 aromatic rings. The van der Waals surface area contributed by atoms with Crippen molar-refractivity contribution in [2.45, 2.75) is 71.6 Å². The van der Waals surface area contributed by atoms with Crippen molar-refractivity contribution in [3.63, 3.8) is 0 Å². The molecule has 0 saturated carbocycles. The molecule has 0 unspecified atom stereocenters. The highest BCUT2D eigenvalue weighted by molar-refractivity contribution is 5.97. The third kappa shape index (κ3) is 10.2. The quantitative estimate of drug-likeness (QED) is 0.127. The van der Waals surface area contributed by atoms with Gasteiger partial charge in [0.15, 0.2) is 0 Å². The van der Waals surface area contributed by atoms with Crippen molar-refractivity contribution in [2.24, 2.45) is 0 Å². The van der Waals surface area contributed by atoms with E-state index in [1.807, 2.05) is 6.07 Å². The number of benzene rings is 13. The molecule has 446 valence electrons. The highest BCUT2D eigenvalue weighted by Crippen LogP contribution is 2.64. The van der Waals surface area contributed by atoms with Crippen LogP contribution in [0.5, 0.6) is 0 Å². The van der Waals surface area contributed by atoms with Gasteiger partial charge in [0.25, 0.3) is 0 Å². The van der Waals surface area contributed by atoms with E-state index in [4.69, 9.17) is 0 Å². The van der Waals surface area contributed by atoms with Crippen LogP contribution in [0.3, 0.4) is 0 Å². The zero-order valence-electron chi connectivity index (χ0n) is 53.6. The van der Waals surface area contributed by atoms with Crippen molar-refractivity contribution >= 4 is 34.1 Å². The van der Waals surface area contributed by atoms with Gasteiger partial charge in [-0.2, -0.15) is 0 Å². The first-order valence-electron chi connectivity index (χ1n) is 32.2. The van der Waals surface area contributed by atoms with Crippen LogP contribution >= 0.6 is 0 Å². The molecule has 0 aliphatic heterocycles. The maximum absolute atomic E-state index is 14.3. The van der Waals surface area contributed by atoms with E-state index in [9.17, 15) is 4.39 Å². The minimum absolute atomic E-state index is 0.0351. The Morgan fingerprint density at radius 2 is 0.609 bits per heavy atom. The number of rotatable bonds is 11. The molecule has 0 radical (unpaired) electrons. The van der Waals surface area contributed by atoms with Crippen LogP contribution in [0.1, 0.15) is 86.1 Å². The molecule has 2 aliphatic rings. The Morgan fingerprint density at radius 1 is 0.261 bits per heavy atom. The average Bonchev–Trinajstić information content (AvgIpc) is 1.50. The summed E-state index contributed by atoms with van der Waals surface area (Å²) in [6.07, 6.45) is 0. The molecule has 0 fully saturated rings. The fourth-order valence-corrected chi connectivity index (χ4v) is 14.3. The van der Waals surface area contributed by atoms with Gasteiger partial charge in [0.2, 0.25) is 0 Å². The summed E-state index contributed by atoms with van der Waals surface area (Å²) in [4.78, 5) is 4.70. The van der Waals surface area contributed by atoms with Gasteiger partial charge in [-0.25, -0.2) is 4.39 Å². The normalized spacial score (nSPS) is 12.7. The zero-order valence-corrected chi connectivity index (χ0v) is 53.6. The Labute approximate surface area is 542 Å². The topological polar surface area (TPSA) is 6.48 Å². The standard InChI is InChI=1S/C89H73FN2/c1-58-22-37-72(38-23-58)91(74-41-29-63(30-42-74)66-20-15-21-71(90)53-66)73-39-25-61(26-40-73)62-27-43-75(44-28-62)92(86-51-34-67(60-16-11-9-12-17-60)54-81(86)65-18-13-10-14-19-65)76-45-31-64(32-46-76)68-33-48-78-77-47-24-59(2)52-82(77)89(83(78)55-68)84-56-69(87(3,4)5)35-49-79(84)80-50-36-70(57-85(80)89)88(6,7)8/h9-57H,1-8H3. The van der Waals surface area contributed by atoms with E-state index in [0.717, 1.165) is 78.6 Å². The zero-order chi connectivity index (χ0) is 63.0. The molecule has 2 nitrogen and oxygen atoms in total. The molecule has 13 aromatic carbocycles. The summed E-state index contributed by atoms with van der Waals surface area (Å²) in [7, 11) is 0. The van der Waals surface area contributed by atoms with Gasteiger partial charge < -0.3 is 9.80 Å². The Hall–Kier alpha value is -10.6. The van der Waals surface area contributed by atoms with Crippen LogP contribution in [0, 0.1) is 19.7 Å². The summed E-state index contributed by atoms with van der Waals surface area (Å²) < 4.78 is 14.3. The van der Waals surface area contributed by atoms with Gasteiger partial charge in [0, 0.05) is 34.0 Å². The third-order valence-electron chi connectivity index (χ3n) is 19.2. The maximum Gasteiger partial charge on any atom is 0.123 e. The second kappa shape index (κ2) is 22.7. The lowest BCUT2D eigenvalue weighted by Crippen LogP contribution is -2.27. The molecule has 0 bridgehead atoms. The second-order valence-electron chi connectivity index (χ2n) is 27.2. The Bertz CT molecular complexity index is 4850. The summed E-state index contributed by atoms with van der Waals surface area (Å²) in [5.74, 6) is -0.245. The molecule has 0 amide bonds. The van der Waals surface area contributed by atoms with Gasteiger partial charge in [0.05, 0.1) is 11.1 Å². The Morgan fingerprint density at radius 3 is 1.10 bits per heavy atom. The van der Waals surface area contributed by atoms with E-state index < -0.39 is 5.41 Å². The number of nitrogens with zero attached hydrogens (tertiary/aromatic N) is 2. The minimum Gasteiger partial charge on any atom is -0.311 e. The molecule has 0 atom stereocenters. The molecule has 1 spiro atoms. The lowest BCUT2D eigenvalue weighted by molar-refractivity contribution is 0.586.